The normalized spacial score (nSPS) is 11.2. The van der Waals surface area contributed by atoms with Gasteiger partial charge < -0.3 is 5.32 Å². The average Bonchev–Trinajstić information content (AvgIpc) is 2.57. The van der Waals surface area contributed by atoms with E-state index in [1.165, 1.54) is 83.5 Å². The molecule has 23 heavy (non-hydrogen) atoms. The minimum absolute atomic E-state index is 0.0561. The zero-order valence-electron chi connectivity index (χ0n) is 15.3. The highest BCUT2D eigenvalue weighted by molar-refractivity contribution is 6.27. The molecule has 2 nitrogen and oxygen atoms in total. The molecule has 0 saturated carbocycles. The molecule has 0 bridgehead atoms. The summed E-state index contributed by atoms with van der Waals surface area (Å²) >= 11 is 5.41. The first-order valence-corrected chi connectivity index (χ1v) is 10.3. The summed E-state index contributed by atoms with van der Waals surface area (Å²) in [5.74, 6) is 0.0197. The lowest BCUT2D eigenvalue weighted by atomic mass is 10.1. The summed E-state index contributed by atoms with van der Waals surface area (Å²) in [5, 5.41) is 2.80. The van der Waals surface area contributed by atoms with Gasteiger partial charge in [0.25, 0.3) is 0 Å². The molecular weight excluding hydrogens is 306 g/mol. The van der Waals surface area contributed by atoms with E-state index < -0.39 is 0 Å². The smallest absolute Gasteiger partial charge is 0.234 e. The van der Waals surface area contributed by atoms with E-state index in [1.807, 2.05) is 0 Å². The summed E-state index contributed by atoms with van der Waals surface area (Å²) in [4.78, 5) is 10.9. The summed E-state index contributed by atoms with van der Waals surface area (Å²) in [6.07, 6.45) is 23.1. The van der Waals surface area contributed by atoms with Crippen molar-refractivity contribution in [2.75, 3.05) is 12.4 Å². The van der Waals surface area contributed by atoms with Crippen molar-refractivity contribution in [1.82, 2.24) is 5.32 Å². The van der Waals surface area contributed by atoms with Crippen LogP contribution in [0, 0.1) is 0 Å². The fourth-order valence-electron chi connectivity index (χ4n) is 2.65. The number of halogens is 1. The Morgan fingerprint density at radius 3 is 1.78 bits per heavy atom. The predicted octanol–water partition coefficient (Wildman–Crippen LogP) is 6.38. The molecule has 0 fully saturated rings. The first-order chi connectivity index (χ1) is 11.3. The third-order valence-electron chi connectivity index (χ3n) is 4.13. The number of hydrogen-bond donors (Lipinski definition) is 1. The average molecular weight is 344 g/mol. The number of nitrogens with one attached hydrogen (secondary N) is 1. The number of allylic oxidation sites excluding steroid dienone is 2. The number of rotatable bonds is 17. The van der Waals surface area contributed by atoms with Gasteiger partial charge in [0.2, 0.25) is 5.91 Å². The second-order valence-corrected chi connectivity index (χ2v) is 6.69. The summed E-state index contributed by atoms with van der Waals surface area (Å²) < 4.78 is 0. The Morgan fingerprint density at radius 1 is 0.783 bits per heavy atom. The van der Waals surface area contributed by atoms with Gasteiger partial charge in [-0.25, -0.2) is 0 Å². The van der Waals surface area contributed by atoms with E-state index in [-0.39, 0.29) is 11.8 Å². The molecule has 0 heterocycles. The van der Waals surface area contributed by atoms with Gasteiger partial charge in [0.05, 0.1) is 0 Å². The minimum atomic E-state index is -0.0561. The zero-order chi connectivity index (χ0) is 17.0. The predicted molar refractivity (Wildman–Crippen MR) is 103 cm³/mol. The zero-order valence-corrected chi connectivity index (χ0v) is 16.0. The van der Waals surface area contributed by atoms with Crippen LogP contribution in [0.15, 0.2) is 12.2 Å². The Hall–Kier alpha value is -0.500. The Morgan fingerprint density at radius 2 is 1.26 bits per heavy atom. The van der Waals surface area contributed by atoms with Crippen molar-refractivity contribution < 1.29 is 4.79 Å². The molecule has 0 aromatic rings. The molecule has 3 heteroatoms. The van der Waals surface area contributed by atoms with Crippen LogP contribution in [-0.4, -0.2) is 18.3 Å². The minimum Gasteiger partial charge on any atom is -0.355 e. The van der Waals surface area contributed by atoms with Gasteiger partial charge in [-0.2, -0.15) is 0 Å². The first-order valence-electron chi connectivity index (χ1n) is 9.79. The van der Waals surface area contributed by atoms with Gasteiger partial charge in [0.15, 0.2) is 0 Å². The molecule has 0 saturated heterocycles. The molecule has 136 valence electrons. The van der Waals surface area contributed by atoms with E-state index in [1.54, 1.807) is 0 Å². The van der Waals surface area contributed by atoms with Gasteiger partial charge in [0, 0.05) is 6.54 Å². The molecular formula is C20H38ClNO. The van der Waals surface area contributed by atoms with Crippen LogP contribution in [-0.2, 0) is 4.79 Å². The highest BCUT2D eigenvalue weighted by Gasteiger charge is 1.96. The van der Waals surface area contributed by atoms with E-state index >= 15 is 0 Å². The Labute approximate surface area is 149 Å². The topological polar surface area (TPSA) is 29.1 Å². The van der Waals surface area contributed by atoms with Crippen LogP contribution < -0.4 is 5.32 Å². The third kappa shape index (κ3) is 19.5. The molecule has 0 aromatic carbocycles. The molecule has 0 rings (SSSR count). The highest BCUT2D eigenvalue weighted by Crippen LogP contribution is 2.09. The fraction of sp³-hybridized carbons (Fsp3) is 0.850. The maximum Gasteiger partial charge on any atom is 0.234 e. The molecule has 0 aliphatic carbocycles. The van der Waals surface area contributed by atoms with Crippen LogP contribution in [0.25, 0.3) is 0 Å². The summed E-state index contributed by atoms with van der Waals surface area (Å²) in [5.41, 5.74) is 0. The lowest BCUT2D eigenvalue weighted by Gasteiger charge is -2.03. The molecule has 0 radical (unpaired) electrons. The van der Waals surface area contributed by atoms with Gasteiger partial charge in [-0.3, -0.25) is 4.79 Å². The van der Waals surface area contributed by atoms with Crippen LogP contribution in [0.5, 0.6) is 0 Å². The Balaban J connectivity index is 3.09. The monoisotopic (exact) mass is 343 g/mol. The summed E-state index contributed by atoms with van der Waals surface area (Å²) in [6, 6.07) is 0. The van der Waals surface area contributed by atoms with Crippen LogP contribution in [0.3, 0.4) is 0 Å². The van der Waals surface area contributed by atoms with Crippen molar-refractivity contribution in [2.24, 2.45) is 0 Å². The second-order valence-electron chi connectivity index (χ2n) is 6.42. The van der Waals surface area contributed by atoms with Crippen LogP contribution in [0.2, 0.25) is 0 Å². The largest absolute Gasteiger partial charge is 0.355 e. The molecule has 1 amide bonds. The number of hydrogen-bond acceptors (Lipinski definition) is 1. The van der Waals surface area contributed by atoms with Gasteiger partial charge in [0.1, 0.15) is 5.88 Å². The Bertz CT molecular complexity index is 279. The number of unbranched alkanes of at least 4 members (excludes halogenated alkanes) is 12. The standard InChI is InChI=1S/C20H38ClNO/c1-2-3-4-5-6-7-8-9-10-11-12-13-14-15-16-17-18-22-20(23)19-21/h9-10H,2-8,11-19H2,1H3,(H,22,23)/b10-9+. The highest BCUT2D eigenvalue weighted by atomic mass is 35.5. The van der Waals surface area contributed by atoms with Crippen molar-refractivity contribution in [3.63, 3.8) is 0 Å². The lowest BCUT2D eigenvalue weighted by Crippen LogP contribution is -2.25. The molecule has 0 aliphatic heterocycles. The number of amides is 1. The molecule has 0 atom stereocenters. The number of carbonyl (C=O) groups is 1. The van der Waals surface area contributed by atoms with E-state index in [0.717, 1.165) is 13.0 Å². The van der Waals surface area contributed by atoms with Crippen LogP contribution in [0.1, 0.15) is 96.8 Å². The van der Waals surface area contributed by atoms with Gasteiger partial charge in [-0.05, 0) is 32.1 Å². The van der Waals surface area contributed by atoms with E-state index in [9.17, 15) is 4.79 Å². The van der Waals surface area contributed by atoms with E-state index in [0.29, 0.717) is 0 Å². The maximum atomic E-state index is 10.9. The van der Waals surface area contributed by atoms with Crippen molar-refractivity contribution in [3.8, 4) is 0 Å². The van der Waals surface area contributed by atoms with E-state index in [4.69, 9.17) is 11.6 Å². The van der Waals surface area contributed by atoms with Crippen molar-refractivity contribution in [2.45, 2.75) is 96.8 Å². The molecule has 1 N–H and O–H groups in total. The van der Waals surface area contributed by atoms with Gasteiger partial charge in [-0.15, -0.1) is 11.6 Å². The van der Waals surface area contributed by atoms with Gasteiger partial charge in [-0.1, -0.05) is 76.9 Å². The maximum absolute atomic E-state index is 10.9. The molecule has 0 unspecified atom stereocenters. The van der Waals surface area contributed by atoms with Crippen molar-refractivity contribution >= 4 is 17.5 Å². The van der Waals surface area contributed by atoms with Crippen molar-refractivity contribution in [1.29, 1.82) is 0 Å². The summed E-state index contributed by atoms with van der Waals surface area (Å²) in [7, 11) is 0. The SMILES string of the molecule is CCCCCCCC/C=C/CCCCCCCCNC(=O)CCl. The number of carbonyl (C=O) groups excluding carboxylic acids is 1. The Kier molecular flexibility index (Phi) is 19.1. The third-order valence-corrected chi connectivity index (χ3v) is 4.37. The van der Waals surface area contributed by atoms with Crippen LogP contribution in [0.4, 0.5) is 0 Å². The van der Waals surface area contributed by atoms with E-state index in [2.05, 4.69) is 24.4 Å². The van der Waals surface area contributed by atoms with Crippen molar-refractivity contribution in [3.05, 3.63) is 12.2 Å². The van der Waals surface area contributed by atoms with Gasteiger partial charge >= 0.3 is 0 Å². The van der Waals surface area contributed by atoms with Crippen LogP contribution >= 0.6 is 11.6 Å². The quantitative estimate of drug-likeness (QED) is 0.185. The molecule has 0 aromatic heterocycles. The number of alkyl halides is 1. The first kappa shape index (κ1) is 22.5. The second kappa shape index (κ2) is 19.5. The lowest BCUT2D eigenvalue weighted by molar-refractivity contribution is -0.118. The molecule has 0 spiro atoms. The summed E-state index contributed by atoms with van der Waals surface area (Å²) in [6.45, 7) is 3.04. The molecule has 0 aliphatic rings. The fourth-order valence-corrected chi connectivity index (χ4v) is 2.74.